The first kappa shape index (κ1) is 15.9. The molecular formula is C10H13Cl2N3O3S. The van der Waals surface area contributed by atoms with E-state index in [1.807, 2.05) is 4.72 Å². The van der Waals surface area contributed by atoms with E-state index in [2.05, 4.69) is 5.32 Å². The Morgan fingerprint density at radius 1 is 1.26 bits per heavy atom. The molecule has 2 amide bonds. The summed E-state index contributed by atoms with van der Waals surface area (Å²) in [5, 5.41) is 2.06. The number of urea groups is 1. The highest BCUT2D eigenvalue weighted by Gasteiger charge is 2.24. The van der Waals surface area contributed by atoms with Gasteiger partial charge in [0.1, 0.15) is 4.90 Å². The van der Waals surface area contributed by atoms with E-state index in [4.69, 9.17) is 28.9 Å². The quantitative estimate of drug-likeness (QED) is 0.739. The second-order valence-corrected chi connectivity index (χ2v) is 6.48. The third kappa shape index (κ3) is 4.15. The highest BCUT2D eigenvalue weighted by atomic mass is 35.5. The van der Waals surface area contributed by atoms with Gasteiger partial charge < -0.3 is 11.1 Å². The van der Waals surface area contributed by atoms with Gasteiger partial charge in [-0.1, -0.05) is 23.2 Å². The van der Waals surface area contributed by atoms with Crippen LogP contribution in [0.3, 0.4) is 0 Å². The number of halogens is 2. The summed E-state index contributed by atoms with van der Waals surface area (Å²) in [5.41, 5.74) is 5.70. The van der Waals surface area contributed by atoms with Crippen molar-refractivity contribution in [2.45, 2.75) is 24.8 Å². The molecule has 106 valence electrons. The van der Waals surface area contributed by atoms with Crippen molar-refractivity contribution >= 4 is 44.9 Å². The molecule has 1 rings (SSSR count). The Kier molecular flexibility index (Phi) is 4.89. The summed E-state index contributed by atoms with van der Waals surface area (Å²) in [7, 11) is -4.16. The molecule has 0 unspecified atom stereocenters. The van der Waals surface area contributed by atoms with Gasteiger partial charge in [0.05, 0.1) is 10.0 Å². The molecule has 0 aliphatic carbocycles. The molecule has 19 heavy (non-hydrogen) atoms. The minimum atomic E-state index is -4.16. The van der Waals surface area contributed by atoms with Gasteiger partial charge in [-0.2, -0.15) is 0 Å². The van der Waals surface area contributed by atoms with Crippen LogP contribution in [-0.2, 0) is 10.0 Å². The van der Waals surface area contributed by atoms with Crippen molar-refractivity contribution in [2.75, 3.05) is 5.73 Å². The lowest BCUT2D eigenvalue weighted by Crippen LogP contribution is -2.42. The van der Waals surface area contributed by atoms with Crippen molar-refractivity contribution in [3.05, 3.63) is 22.2 Å². The Morgan fingerprint density at radius 3 is 2.16 bits per heavy atom. The monoisotopic (exact) mass is 325 g/mol. The third-order valence-corrected chi connectivity index (χ3v) is 4.19. The van der Waals surface area contributed by atoms with Crippen LogP contribution in [0.2, 0.25) is 10.0 Å². The van der Waals surface area contributed by atoms with Crippen LogP contribution in [0.25, 0.3) is 0 Å². The van der Waals surface area contributed by atoms with Gasteiger partial charge in [0.15, 0.2) is 0 Å². The number of hydrogen-bond donors (Lipinski definition) is 3. The summed E-state index contributed by atoms with van der Waals surface area (Å²) >= 11 is 11.6. The molecule has 9 heteroatoms. The van der Waals surface area contributed by atoms with Gasteiger partial charge in [-0.15, -0.1) is 0 Å². The van der Waals surface area contributed by atoms with Crippen molar-refractivity contribution < 1.29 is 13.2 Å². The molecule has 0 aliphatic heterocycles. The Bertz CT molecular complexity index is 579. The van der Waals surface area contributed by atoms with Gasteiger partial charge in [0.2, 0.25) is 0 Å². The van der Waals surface area contributed by atoms with Crippen LogP contribution >= 0.6 is 23.2 Å². The maximum atomic E-state index is 12.0. The van der Waals surface area contributed by atoms with E-state index in [0.717, 1.165) is 0 Å². The van der Waals surface area contributed by atoms with Gasteiger partial charge in [-0.25, -0.2) is 17.9 Å². The number of nitrogens with one attached hydrogen (secondary N) is 2. The molecule has 0 fully saturated rings. The number of nitrogen functional groups attached to an aromatic ring is 1. The van der Waals surface area contributed by atoms with Gasteiger partial charge >= 0.3 is 6.03 Å². The summed E-state index contributed by atoms with van der Waals surface area (Å²) in [4.78, 5) is 11.0. The lowest BCUT2D eigenvalue weighted by molar-refractivity contribution is 0.243. The fraction of sp³-hybridized carbons (Fsp3) is 0.300. The van der Waals surface area contributed by atoms with Crippen LogP contribution in [-0.4, -0.2) is 20.5 Å². The first-order valence-corrected chi connectivity index (χ1v) is 7.45. The Morgan fingerprint density at radius 2 is 1.74 bits per heavy atom. The lowest BCUT2D eigenvalue weighted by atomic mass is 10.3. The first-order valence-electron chi connectivity index (χ1n) is 5.21. The van der Waals surface area contributed by atoms with E-state index in [9.17, 15) is 13.2 Å². The molecule has 0 radical (unpaired) electrons. The zero-order valence-corrected chi connectivity index (χ0v) is 12.5. The average Bonchev–Trinajstić information content (AvgIpc) is 2.10. The minimum absolute atomic E-state index is 0.158. The van der Waals surface area contributed by atoms with E-state index >= 15 is 0 Å². The number of sulfonamides is 1. The largest absolute Gasteiger partial charge is 0.399 e. The maximum Gasteiger partial charge on any atom is 0.328 e. The molecule has 1 aromatic carbocycles. The predicted molar refractivity (Wildman–Crippen MR) is 74.9 cm³/mol. The summed E-state index contributed by atoms with van der Waals surface area (Å²) in [6.45, 7) is 3.38. The summed E-state index contributed by atoms with van der Waals surface area (Å²) in [5.74, 6) is 0. The Balaban J connectivity index is 3.12. The van der Waals surface area contributed by atoms with Crippen molar-refractivity contribution in [1.82, 2.24) is 10.0 Å². The lowest BCUT2D eigenvalue weighted by Gasteiger charge is -2.13. The number of rotatable bonds is 3. The summed E-state index contributed by atoms with van der Waals surface area (Å²) in [6, 6.07) is 1.40. The van der Waals surface area contributed by atoms with Crippen LogP contribution in [0.5, 0.6) is 0 Å². The number of carbonyl (C=O) groups excluding carboxylic acids is 1. The second kappa shape index (κ2) is 5.85. The highest BCUT2D eigenvalue weighted by molar-refractivity contribution is 7.90. The number of amides is 2. The fourth-order valence-electron chi connectivity index (χ4n) is 1.30. The molecular weight excluding hydrogens is 313 g/mol. The molecule has 0 aromatic heterocycles. The van der Waals surface area contributed by atoms with Crippen molar-refractivity contribution in [2.24, 2.45) is 0 Å². The van der Waals surface area contributed by atoms with Gasteiger partial charge in [0, 0.05) is 11.7 Å². The van der Waals surface area contributed by atoms with E-state index in [1.165, 1.54) is 12.1 Å². The topological polar surface area (TPSA) is 101 Å². The van der Waals surface area contributed by atoms with E-state index in [1.54, 1.807) is 13.8 Å². The third-order valence-electron chi connectivity index (χ3n) is 1.94. The second-order valence-electron chi connectivity index (χ2n) is 4.05. The standard InChI is InChI=1S/C10H13Cl2N3O3S/c1-5(2)14-10(16)15-19(17,18)9-7(11)3-6(13)4-8(9)12/h3-5H,13H2,1-2H3,(H2,14,15,16). The molecule has 4 N–H and O–H groups in total. The summed E-state index contributed by atoms with van der Waals surface area (Å²) < 4.78 is 25.8. The number of nitrogens with two attached hydrogens (primary N) is 1. The van der Waals surface area contributed by atoms with Crippen LogP contribution in [0.1, 0.15) is 13.8 Å². The molecule has 1 aromatic rings. The van der Waals surface area contributed by atoms with Crippen molar-refractivity contribution in [3.63, 3.8) is 0 Å². The van der Waals surface area contributed by atoms with Gasteiger partial charge in [-0.05, 0) is 26.0 Å². The molecule has 0 spiro atoms. The predicted octanol–water partition coefficient (Wildman–Crippen LogP) is 1.97. The maximum absolute atomic E-state index is 12.0. The number of benzene rings is 1. The zero-order chi connectivity index (χ0) is 14.8. The Labute approximate surface area is 121 Å². The molecule has 0 aliphatic rings. The normalized spacial score (nSPS) is 11.4. The molecule has 0 bridgehead atoms. The van der Waals surface area contributed by atoms with Crippen LogP contribution in [0.4, 0.5) is 10.5 Å². The minimum Gasteiger partial charge on any atom is -0.399 e. The molecule has 6 nitrogen and oxygen atoms in total. The zero-order valence-electron chi connectivity index (χ0n) is 10.2. The molecule has 0 atom stereocenters. The van der Waals surface area contributed by atoms with Crippen molar-refractivity contribution in [1.29, 1.82) is 0 Å². The number of hydrogen-bond acceptors (Lipinski definition) is 4. The van der Waals surface area contributed by atoms with E-state index in [0.29, 0.717) is 0 Å². The van der Waals surface area contributed by atoms with Gasteiger partial charge in [-0.3, -0.25) is 0 Å². The van der Waals surface area contributed by atoms with Crippen LogP contribution in [0.15, 0.2) is 17.0 Å². The number of anilines is 1. The molecule has 0 saturated carbocycles. The van der Waals surface area contributed by atoms with E-state index in [-0.39, 0.29) is 26.7 Å². The smallest absolute Gasteiger partial charge is 0.328 e. The molecule has 0 heterocycles. The first-order chi connectivity index (χ1) is 8.63. The van der Waals surface area contributed by atoms with Crippen molar-refractivity contribution in [3.8, 4) is 0 Å². The summed E-state index contributed by atoms with van der Waals surface area (Å²) in [6.07, 6.45) is 0. The number of carbonyl (C=O) groups is 1. The Hall–Kier alpha value is -1.18. The van der Waals surface area contributed by atoms with E-state index < -0.39 is 16.1 Å². The van der Waals surface area contributed by atoms with Gasteiger partial charge in [0.25, 0.3) is 10.0 Å². The van der Waals surface area contributed by atoms with Crippen LogP contribution < -0.4 is 15.8 Å². The SMILES string of the molecule is CC(C)NC(=O)NS(=O)(=O)c1c(Cl)cc(N)cc1Cl. The fourth-order valence-corrected chi connectivity index (χ4v) is 3.45. The van der Waals surface area contributed by atoms with Crippen LogP contribution in [0, 0.1) is 0 Å². The highest BCUT2D eigenvalue weighted by Crippen LogP contribution is 2.31. The average molecular weight is 326 g/mol. The molecule has 0 saturated heterocycles.